The van der Waals surface area contributed by atoms with E-state index in [9.17, 15) is 9.59 Å². The Hall–Kier alpha value is -3.58. The van der Waals surface area contributed by atoms with E-state index in [1.54, 1.807) is 11.0 Å². The van der Waals surface area contributed by atoms with Crippen LogP contribution >= 0.6 is 0 Å². The van der Waals surface area contributed by atoms with Crippen LogP contribution in [0.15, 0.2) is 60.3 Å². The van der Waals surface area contributed by atoms with Gasteiger partial charge in [-0.15, -0.1) is 5.92 Å². The van der Waals surface area contributed by atoms with Crippen molar-refractivity contribution in [1.29, 1.82) is 0 Å². The molecule has 2 aromatic carbocycles. The number of H-pyrrole nitrogens is 1. The highest BCUT2D eigenvalue weighted by molar-refractivity contribution is 6.10. The number of piperidine rings is 1. The molecule has 1 saturated heterocycles. The molecule has 3 aromatic rings. The number of benzene rings is 2. The van der Waals surface area contributed by atoms with Crippen LogP contribution in [0.1, 0.15) is 45.3 Å². The second-order valence-electron chi connectivity index (χ2n) is 8.09. The quantitative estimate of drug-likeness (QED) is 0.650. The Bertz CT molecular complexity index is 1330. The minimum Gasteiger partial charge on any atom is -0.351 e. The summed E-state index contributed by atoms with van der Waals surface area (Å²) in [4.78, 5) is 31.1. The van der Waals surface area contributed by atoms with Crippen molar-refractivity contribution in [2.24, 2.45) is 5.92 Å². The Morgan fingerprint density at radius 2 is 2.07 bits per heavy atom. The molecule has 6 rings (SSSR count). The monoisotopic (exact) mass is 378 g/mol. The standard InChI is InChI=1S/C25H18N2O2/c1-2-5-15-8-9-20-16(10-15)11-21(26-20)24(29)27-14-17-13-25(17)19-7-4-3-6-18(19)22(28)12-23(25)27/h3-4,6-12,17,26H,13-14H2,1H3/t17-,25-/m1/s1. The van der Waals surface area contributed by atoms with E-state index >= 15 is 0 Å². The second-order valence-corrected chi connectivity index (χ2v) is 8.09. The third-order valence-corrected chi connectivity index (χ3v) is 6.56. The van der Waals surface area contributed by atoms with Gasteiger partial charge in [0, 0.05) is 45.8 Å². The molecule has 1 aromatic heterocycles. The van der Waals surface area contributed by atoms with Crippen molar-refractivity contribution in [2.45, 2.75) is 18.8 Å². The van der Waals surface area contributed by atoms with E-state index in [0.717, 1.165) is 39.7 Å². The van der Waals surface area contributed by atoms with E-state index in [0.29, 0.717) is 18.2 Å². The number of nitrogens with one attached hydrogen (secondary N) is 1. The fourth-order valence-corrected chi connectivity index (χ4v) is 5.19. The second kappa shape index (κ2) is 5.48. The molecule has 4 heteroatoms. The molecule has 4 nitrogen and oxygen atoms in total. The summed E-state index contributed by atoms with van der Waals surface area (Å²) in [6.45, 7) is 2.47. The Kier molecular flexibility index (Phi) is 3.10. The number of nitrogens with zero attached hydrogens (tertiary/aromatic N) is 1. The number of allylic oxidation sites excluding steroid dienone is 2. The number of hydrogen-bond acceptors (Lipinski definition) is 2. The molecule has 140 valence electrons. The lowest BCUT2D eigenvalue weighted by atomic mass is 9.81. The van der Waals surface area contributed by atoms with Crippen molar-refractivity contribution in [3.8, 4) is 11.8 Å². The summed E-state index contributed by atoms with van der Waals surface area (Å²) in [5, 5.41) is 0.965. The first kappa shape index (κ1) is 16.4. The normalized spacial score (nSPS) is 23.6. The number of aromatic amines is 1. The van der Waals surface area contributed by atoms with Gasteiger partial charge in [-0.1, -0.05) is 30.2 Å². The highest BCUT2D eigenvalue weighted by Gasteiger charge is 2.67. The average molecular weight is 378 g/mol. The van der Waals surface area contributed by atoms with Crippen LogP contribution in [0.4, 0.5) is 0 Å². The number of rotatable bonds is 1. The van der Waals surface area contributed by atoms with E-state index in [1.165, 1.54) is 0 Å². The van der Waals surface area contributed by atoms with Gasteiger partial charge in [-0.25, -0.2) is 0 Å². The molecule has 0 unspecified atom stereocenters. The molecule has 2 atom stereocenters. The number of fused-ring (bicyclic) bond motifs is 2. The van der Waals surface area contributed by atoms with Gasteiger partial charge in [-0.05, 0) is 49.1 Å². The van der Waals surface area contributed by atoms with Gasteiger partial charge in [0.15, 0.2) is 5.78 Å². The molecular formula is C25H18N2O2. The number of ketones is 1. The minimum absolute atomic E-state index is 0.00833. The van der Waals surface area contributed by atoms with Crippen LogP contribution in [-0.2, 0) is 5.41 Å². The number of carbonyl (C=O) groups is 2. The van der Waals surface area contributed by atoms with Crippen LogP contribution in [0.5, 0.6) is 0 Å². The summed E-state index contributed by atoms with van der Waals surface area (Å²) in [6, 6.07) is 15.6. The van der Waals surface area contributed by atoms with E-state index < -0.39 is 0 Å². The molecule has 1 saturated carbocycles. The molecule has 2 fully saturated rings. The summed E-state index contributed by atoms with van der Waals surface area (Å²) in [5.41, 5.74) is 4.96. The van der Waals surface area contributed by atoms with Gasteiger partial charge in [0.2, 0.25) is 0 Å². The zero-order valence-corrected chi connectivity index (χ0v) is 16.0. The van der Waals surface area contributed by atoms with Crippen molar-refractivity contribution < 1.29 is 9.59 Å². The fraction of sp³-hybridized carbons (Fsp3) is 0.200. The zero-order valence-electron chi connectivity index (χ0n) is 16.0. The van der Waals surface area contributed by atoms with E-state index in [4.69, 9.17) is 0 Å². The van der Waals surface area contributed by atoms with Gasteiger partial charge >= 0.3 is 0 Å². The van der Waals surface area contributed by atoms with Crippen molar-refractivity contribution in [3.63, 3.8) is 0 Å². The molecular weight excluding hydrogens is 360 g/mol. The lowest BCUT2D eigenvalue weighted by Crippen LogP contribution is -2.33. The van der Waals surface area contributed by atoms with Crippen molar-refractivity contribution in [2.75, 3.05) is 6.54 Å². The maximum absolute atomic E-state index is 13.4. The third-order valence-electron chi connectivity index (χ3n) is 6.56. The van der Waals surface area contributed by atoms with E-state index in [2.05, 4.69) is 16.8 Å². The third kappa shape index (κ3) is 2.10. The maximum atomic E-state index is 13.4. The first-order valence-corrected chi connectivity index (χ1v) is 9.85. The Morgan fingerprint density at radius 1 is 1.21 bits per heavy atom. The van der Waals surface area contributed by atoms with Crippen molar-refractivity contribution >= 4 is 22.6 Å². The smallest absolute Gasteiger partial charge is 0.274 e. The van der Waals surface area contributed by atoms with Crippen molar-refractivity contribution in [1.82, 2.24) is 9.88 Å². The lowest BCUT2D eigenvalue weighted by Gasteiger charge is -2.29. The van der Waals surface area contributed by atoms with Crippen molar-refractivity contribution in [3.05, 3.63) is 82.7 Å². The molecule has 2 heterocycles. The van der Waals surface area contributed by atoms with Crippen LogP contribution in [0.2, 0.25) is 0 Å². The fourth-order valence-electron chi connectivity index (χ4n) is 5.19. The van der Waals surface area contributed by atoms with Gasteiger partial charge in [0.05, 0.1) is 0 Å². The average Bonchev–Trinajstić information content (AvgIpc) is 3.12. The number of amides is 1. The zero-order chi connectivity index (χ0) is 19.8. The number of hydrogen-bond donors (Lipinski definition) is 1. The van der Waals surface area contributed by atoms with Crippen LogP contribution in [0.3, 0.4) is 0 Å². The molecule has 29 heavy (non-hydrogen) atoms. The topological polar surface area (TPSA) is 53.2 Å². The van der Waals surface area contributed by atoms with Crippen LogP contribution in [0, 0.1) is 17.8 Å². The maximum Gasteiger partial charge on any atom is 0.274 e. The summed E-state index contributed by atoms with van der Waals surface area (Å²) < 4.78 is 0. The minimum atomic E-state index is -0.157. The molecule has 1 amide bonds. The predicted molar refractivity (Wildman–Crippen MR) is 111 cm³/mol. The molecule has 1 N–H and O–H groups in total. The van der Waals surface area contributed by atoms with Crippen LogP contribution in [0.25, 0.3) is 10.9 Å². The Morgan fingerprint density at radius 3 is 2.93 bits per heavy atom. The summed E-state index contributed by atoms with van der Waals surface area (Å²) >= 11 is 0. The first-order valence-electron chi connectivity index (χ1n) is 9.85. The Balaban J connectivity index is 1.40. The Labute approximate surface area is 168 Å². The molecule has 1 aliphatic heterocycles. The lowest BCUT2D eigenvalue weighted by molar-refractivity contribution is 0.0806. The molecule has 2 aliphatic carbocycles. The SMILES string of the molecule is CC#Cc1ccc2[nH]c(C(=O)N3C[C@H]4C[C@@]45C3=CC(=O)c3ccccc35)cc2c1. The van der Waals surface area contributed by atoms with Gasteiger partial charge in [0.1, 0.15) is 5.69 Å². The molecule has 3 aliphatic rings. The van der Waals surface area contributed by atoms with Gasteiger partial charge < -0.3 is 9.88 Å². The number of carbonyl (C=O) groups excluding carboxylic acids is 2. The molecule has 1 spiro atoms. The number of likely N-dealkylation sites (tertiary alicyclic amines) is 1. The van der Waals surface area contributed by atoms with Crippen LogP contribution in [-0.4, -0.2) is 28.1 Å². The van der Waals surface area contributed by atoms with Gasteiger partial charge in [-0.3, -0.25) is 9.59 Å². The highest BCUT2D eigenvalue weighted by atomic mass is 16.2. The van der Waals surface area contributed by atoms with Gasteiger partial charge in [0.25, 0.3) is 5.91 Å². The first-order chi connectivity index (χ1) is 14.1. The summed E-state index contributed by atoms with van der Waals surface area (Å²) in [7, 11) is 0. The van der Waals surface area contributed by atoms with E-state index in [1.807, 2.05) is 55.5 Å². The number of aromatic nitrogens is 1. The summed E-state index contributed by atoms with van der Waals surface area (Å²) in [6.07, 6.45) is 2.70. The van der Waals surface area contributed by atoms with Crippen LogP contribution < -0.4 is 0 Å². The highest BCUT2D eigenvalue weighted by Crippen LogP contribution is 2.66. The molecule has 0 bridgehead atoms. The van der Waals surface area contributed by atoms with E-state index in [-0.39, 0.29) is 17.1 Å². The summed E-state index contributed by atoms with van der Waals surface area (Å²) in [5.74, 6) is 6.26. The largest absolute Gasteiger partial charge is 0.351 e. The predicted octanol–water partition coefficient (Wildman–Crippen LogP) is 4.03. The molecule has 0 radical (unpaired) electrons. The van der Waals surface area contributed by atoms with Gasteiger partial charge in [-0.2, -0.15) is 0 Å².